The molecular formula is C9H18O2. The highest BCUT2D eigenvalue weighted by molar-refractivity contribution is 4.66. The Hall–Kier alpha value is -0.0800. The molecule has 2 heteroatoms. The summed E-state index contributed by atoms with van der Waals surface area (Å²) in [6, 6.07) is 0. The van der Waals surface area contributed by atoms with Crippen LogP contribution in [0.15, 0.2) is 0 Å². The fraction of sp³-hybridized carbons (Fsp3) is 1.00. The van der Waals surface area contributed by atoms with Crippen LogP contribution in [0, 0.1) is 5.92 Å². The van der Waals surface area contributed by atoms with Crippen LogP contribution in [0.1, 0.15) is 38.5 Å². The molecule has 1 rings (SSSR count). The Morgan fingerprint density at radius 1 is 1.00 bits per heavy atom. The largest absolute Gasteiger partial charge is 0.396 e. The third-order valence-electron chi connectivity index (χ3n) is 2.57. The van der Waals surface area contributed by atoms with Crippen LogP contribution in [-0.2, 0) is 0 Å². The third kappa shape index (κ3) is 3.21. The average molecular weight is 158 g/mol. The molecule has 0 aromatic rings. The van der Waals surface area contributed by atoms with Crippen LogP contribution in [0.2, 0.25) is 0 Å². The molecule has 0 radical (unpaired) electrons. The van der Waals surface area contributed by atoms with E-state index in [1.165, 1.54) is 6.42 Å². The quantitative estimate of drug-likeness (QED) is 0.604. The molecule has 0 amide bonds. The van der Waals surface area contributed by atoms with Crippen LogP contribution in [0.25, 0.3) is 0 Å². The third-order valence-corrected chi connectivity index (χ3v) is 2.57. The van der Waals surface area contributed by atoms with Gasteiger partial charge in [0.25, 0.3) is 0 Å². The predicted molar refractivity (Wildman–Crippen MR) is 44.3 cm³/mol. The van der Waals surface area contributed by atoms with Crippen molar-refractivity contribution in [3.63, 3.8) is 0 Å². The molecule has 2 atom stereocenters. The second kappa shape index (κ2) is 4.73. The highest BCUT2D eigenvalue weighted by Crippen LogP contribution is 2.21. The molecule has 2 unspecified atom stereocenters. The van der Waals surface area contributed by atoms with Crippen molar-refractivity contribution >= 4 is 0 Å². The zero-order chi connectivity index (χ0) is 8.10. The van der Waals surface area contributed by atoms with Crippen LogP contribution >= 0.6 is 0 Å². The molecule has 0 bridgehead atoms. The monoisotopic (exact) mass is 158 g/mol. The van der Waals surface area contributed by atoms with Gasteiger partial charge in [-0.2, -0.15) is 0 Å². The second-order valence-electron chi connectivity index (χ2n) is 3.56. The highest BCUT2D eigenvalue weighted by atomic mass is 16.3. The van der Waals surface area contributed by atoms with E-state index in [4.69, 9.17) is 5.11 Å². The lowest BCUT2D eigenvalue weighted by molar-refractivity contribution is 0.115. The number of hydrogen-bond donors (Lipinski definition) is 2. The molecule has 0 aromatic heterocycles. The first kappa shape index (κ1) is 9.01. The van der Waals surface area contributed by atoms with E-state index in [1.54, 1.807) is 0 Å². The summed E-state index contributed by atoms with van der Waals surface area (Å²) in [5, 5.41) is 18.3. The maximum Gasteiger partial charge on any atom is 0.0540 e. The Labute approximate surface area is 68.2 Å². The molecule has 11 heavy (non-hydrogen) atoms. The van der Waals surface area contributed by atoms with Gasteiger partial charge in [0, 0.05) is 6.61 Å². The van der Waals surface area contributed by atoms with Crippen molar-refractivity contribution in [1.82, 2.24) is 0 Å². The molecule has 2 N–H and O–H groups in total. The van der Waals surface area contributed by atoms with E-state index in [0.717, 1.165) is 32.1 Å². The fourth-order valence-electron chi connectivity index (χ4n) is 1.71. The molecule has 0 aromatic carbocycles. The van der Waals surface area contributed by atoms with Crippen molar-refractivity contribution < 1.29 is 10.2 Å². The van der Waals surface area contributed by atoms with Crippen molar-refractivity contribution in [3.8, 4) is 0 Å². The summed E-state index contributed by atoms with van der Waals surface area (Å²) in [5.74, 6) is 0.449. The molecular weight excluding hydrogens is 140 g/mol. The molecule has 0 aliphatic heterocycles. The lowest BCUT2D eigenvalue weighted by Crippen LogP contribution is -2.15. The fourth-order valence-corrected chi connectivity index (χ4v) is 1.71. The lowest BCUT2D eigenvalue weighted by Gasteiger charge is -2.20. The minimum atomic E-state index is -0.107. The van der Waals surface area contributed by atoms with Gasteiger partial charge in [-0.05, 0) is 31.6 Å². The van der Waals surface area contributed by atoms with Gasteiger partial charge in [-0.3, -0.25) is 0 Å². The van der Waals surface area contributed by atoms with Gasteiger partial charge in [-0.1, -0.05) is 12.8 Å². The van der Waals surface area contributed by atoms with E-state index >= 15 is 0 Å². The van der Waals surface area contributed by atoms with Gasteiger partial charge in [0.2, 0.25) is 0 Å². The Bertz CT molecular complexity index is 104. The van der Waals surface area contributed by atoms with Crippen molar-refractivity contribution in [2.24, 2.45) is 5.92 Å². The predicted octanol–water partition coefficient (Wildman–Crippen LogP) is 1.31. The second-order valence-corrected chi connectivity index (χ2v) is 3.56. The van der Waals surface area contributed by atoms with Gasteiger partial charge in [0.15, 0.2) is 0 Å². The van der Waals surface area contributed by atoms with Gasteiger partial charge < -0.3 is 10.2 Å². The molecule has 66 valence electrons. The minimum absolute atomic E-state index is 0.107. The van der Waals surface area contributed by atoms with E-state index in [-0.39, 0.29) is 6.10 Å². The van der Waals surface area contributed by atoms with Crippen LogP contribution in [0.4, 0.5) is 0 Å². The van der Waals surface area contributed by atoms with Crippen molar-refractivity contribution in [1.29, 1.82) is 0 Å². The van der Waals surface area contributed by atoms with Crippen LogP contribution in [0.5, 0.6) is 0 Å². The molecule has 1 aliphatic rings. The standard InChI is InChI=1S/C9H18O2/c10-7-8-3-1-2-4-9(11)6-5-8/h8-11H,1-7H2. The van der Waals surface area contributed by atoms with Gasteiger partial charge in [0.1, 0.15) is 0 Å². The summed E-state index contributed by atoms with van der Waals surface area (Å²) in [6.07, 6.45) is 6.16. The Morgan fingerprint density at radius 3 is 2.45 bits per heavy atom. The minimum Gasteiger partial charge on any atom is -0.396 e. The van der Waals surface area contributed by atoms with Gasteiger partial charge in [-0.15, -0.1) is 0 Å². The molecule has 0 saturated heterocycles. The summed E-state index contributed by atoms with van der Waals surface area (Å²) < 4.78 is 0. The first-order chi connectivity index (χ1) is 5.33. The zero-order valence-corrected chi connectivity index (χ0v) is 7.00. The summed E-state index contributed by atoms with van der Waals surface area (Å²) in [7, 11) is 0. The Balaban J connectivity index is 2.25. The summed E-state index contributed by atoms with van der Waals surface area (Å²) in [6.45, 7) is 0.298. The lowest BCUT2D eigenvalue weighted by atomic mass is 9.90. The molecule has 1 saturated carbocycles. The van der Waals surface area contributed by atoms with Crippen molar-refractivity contribution in [3.05, 3.63) is 0 Å². The molecule has 0 spiro atoms. The summed E-state index contributed by atoms with van der Waals surface area (Å²) in [5.41, 5.74) is 0. The van der Waals surface area contributed by atoms with Gasteiger partial charge in [0.05, 0.1) is 6.10 Å². The molecule has 0 heterocycles. The maximum atomic E-state index is 9.35. The maximum absolute atomic E-state index is 9.35. The normalized spacial score (nSPS) is 34.4. The first-order valence-electron chi connectivity index (χ1n) is 4.62. The topological polar surface area (TPSA) is 40.5 Å². The number of aliphatic hydroxyl groups is 2. The highest BCUT2D eigenvalue weighted by Gasteiger charge is 2.14. The SMILES string of the molecule is OCC1CCCCC(O)CC1. The van der Waals surface area contributed by atoms with Crippen LogP contribution in [-0.4, -0.2) is 22.9 Å². The number of aliphatic hydroxyl groups excluding tert-OH is 2. The van der Waals surface area contributed by atoms with Crippen molar-refractivity contribution in [2.75, 3.05) is 6.61 Å². The summed E-state index contributed by atoms with van der Waals surface area (Å²) in [4.78, 5) is 0. The number of hydrogen-bond acceptors (Lipinski definition) is 2. The van der Waals surface area contributed by atoms with Gasteiger partial charge >= 0.3 is 0 Å². The zero-order valence-electron chi connectivity index (χ0n) is 7.00. The van der Waals surface area contributed by atoms with Gasteiger partial charge in [-0.25, -0.2) is 0 Å². The smallest absolute Gasteiger partial charge is 0.0540 e. The van der Waals surface area contributed by atoms with E-state index in [9.17, 15) is 5.11 Å². The molecule has 1 aliphatic carbocycles. The average Bonchev–Trinajstić information content (AvgIpc) is 1.98. The Morgan fingerprint density at radius 2 is 1.73 bits per heavy atom. The van der Waals surface area contributed by atoms with E-state index in [2.05, 4.69) is 0 Å². The molecule has 1 fully saturated rings. The van der Waals surface area contributed by atoms with Crippen LogP contribution < -0.4 is 0 Å². The van der Waals surface area contributed by atoms with Crippen LogP contribution in [0.3, 0.4) is 0 Å². The summed E-state index contributed by atoms with van der Waals surface area (Å²) >= 11 is 0. The number of rotatable bonds is 1. The van der Waals surface area contributed by atoms with E-state index < -0.39 is 0 Å². The first-order valence-corrected chi connectivity index (χ1v) is 4.62. The molecule has 2 nitrogen and oxygen atoms in total. The van der Waals surface area contributed by atoms with E-state index in [1.807, 2.05) is 0 Å². The Kier molecular flexibility index (Phi) is 3.87. The van der Waals surface area contributed by atoms with E-state index in [0.29, 0.717) is 12.5 Å². The van der Waals surface area contributed by atoms with Crippen molar-refractivity contribution in [2.45, 2.75) is 44.6 Å².